The topological polar surface area (TPSA) is 85.4 Å². The third-order valence-corrected chi connectivity index (χ3v) is 6.00. The number of ether oxygens (including phenoxy) is 1. The van der Waals surface area contributed by atoms with Crippen molar-refractivity contribution in [3.8, 4) is 17.0 Å². The Kier molecular flexibility index (Phi) is 4.70. The van der Waals surface area contributed by atoms with E-state index in [0.29, 0.717) is 22.1 Å². The SMILES string of the molecule is [2H]C([2H])([2H])N1CC[C@@H](Nc2nc(OC)c3c(-c4ccc5nnn([C@@H](C)CF)c5c4)ccn3n2)C(F)(F)C1. The van der Waals surface area contributed by atoms with Crippen molar-refractivity contribution in [2.75, 3.05) is 39.2 Å². The first-order chi connectivity index (χ1) is 17.5. The van der Waals surface area contributed by atoms with Gasteiger partial charge in [0.25, 0.3) is 5.92 Å². The molecular formula is C22H25F3N8O. The summed E-state index contributed by atoms with van der Waals surface area (Å²) in [5, 5.41) is 15.2. The van der Waals surface area contributed by atoms with Crippen molar-refractivity contribution in [3.05, 3.63) is 30.5 Å². The van der Waals surface area contributed by atoms with Gasteiger partial charge in [0.2, 0.25) is 11.8 Å². The third kappa shape index (κ3) is 3.81. The van der Waals surface area contributed by atoms with Gasteiger partial charge in [-0.25, -0.2) is 22.4 Å². The Morgan fingerprint density at radius 1 is 1.35 bits per heavy atom. The van der Waals surface area contributed by atoms with E-state index < -0.39 is 38.2 Å². The fourth-order valence-corrected chi connectivity index (χ4v) is 4.20. The lowest BCUT2D eigenvalue weighted by Gasteiger charge is -2.36. The van der Waals surface area contributed by atoms with Crippen LogP contribution in [0.2, 0.25) is 0 Å². The van der Waals surface area contributed by atoms with Crippen LogP contribution in [0.3, 0.4) is 0 Å². The van der Waals surface area contributed by atoms with Gasteiger partial charge in [0.1, 0.15) is 17.7 Å². The normalized spacial score (nSPS) is 21.2. The molecule has 4 aromatic rings. The summed E-state index contributed by atoms with van der Waals surface area (Å²) in [6.07, 6.45) is 1.55. The first-order valence-corrected chi connectivity index (χ1v) is 10.8. The van der Waals surface area contributed by atoms with Crippen LogP contribution in [-0.4, -0.2) is 80.3 Å². The number of rotatable bonds is 6. The summed E-state index contributed by atoms with van der Waals surface area (Å²) in [5.74, 6) is -3.24. The maximum atomic E-state index is 14.8. The van der Waals surface area contributed by atoms with Gasteiger partial charge in [-0.15, -0.1) is 10.2 Å². The highest BCUT2D eigenvalue weighted by molar-refractivity contribution is 5.89. The first-order valence-electron chi connectivity index (χ1n) is 12.3. The number of methoxy groups -OCH3 is 1. The van der Waals surface area contributed by atoms with Crippen molar-refractivity contribution in [1.82, 2.24) is 34.5 Å². The van der Waals surface area contributed by atoms with E-state index in [9.17, 15) is 13.2 Å². The van der Waals surface area contributed by atoms with E-state index in [2.05, 4.69) is 25.7 Å². The fraction of sp³-hybridized carbons (Fsp3) is 0.455. The number of alkyl halides is 3. The Balaban J connectivity index is 1.48. The minimum atomic E-state index is -3.32. The zero-order chi connectivity index (χ0) is 26.5. The standard InChI is InChI=1S/C22H25F3N8O/c1-13(11-23)33-17-10-14(4-5-16(17)28-30-33)15-6-9-32-19(15)20(34-3)27-21(29-32)26-18-7-8-31(2)12-22(18,24)25/h4-6,9-10,13,18H,7-8,11-12H2,1-3H3,(H,26,29)/t13-,18+/m0/s1/i2D3. The molecule has 34 heavy (non-hydrogen) atoms. The van der Waals surface area contributed by atoms with Crippen molar-refractivity contribution in [1.29, 1.82) is 0 Å². The van der Waals surface area contributed by atoms with Gasteiger partial charge in [-0.05, 0) is 44.1 Å². The molecule has 4 heterocycles. The van der Waals surface area contributed by atoms with Gasteiger partial charge in [-0.1, -0.05) is 11.3 Å². The van der Waals surface area contributed by atoms with Crippen LogP contribution < -0.4 is 10.1 Å². The van der Waals surface area contributed by atoms with Gasteiger partial charge in [0.05, 0.1) is 31.3 Å². The number of anilines is 1. The van der Waals surface area contributed by atoms with Crippen LogP contribution in [0.4, 0.5) is 19.1 Å². The summed E-state index contributed by atoms with van der Waals surface area (Å²) in [7, 11) is 1.41. The molecule has 1 saturated heterocycles. The molecule has 5 rings (SSSR count). The van der Waals surface area contributed by atoms with Crippen molar-refractivity contribution in [2.45, 2.75) is 31.4 Å². The van der Waals surface area contributed by atoms with E-state index in [-0.39, 0.29) is 24.8 Å². The molecule has 1 aliphatic heterocycles. The first kappa shape index (κ1) is 19.0. The third-order valence-electron chi connectivity index (χ3n) is 6.00. The van der Waals surface area contributed by atoms with E-state index in [4.69, 9.17) is 8.85 Å². The number of hydrogen-bond acceptors (Lipinski definition) is 7. The van der Waals surface area contributed by atoms with Crippen LogP contribution in [-0.2, 0) is 0 Å². The largest absolute Gasteiger partial charge is 0.479 e. The fourth-order valence-electron chi connectivity index (χ4n) is 4.20. The molecule has 0 amide bonds. The van der Waals surface area contributed by atoms with Gasteiger partial charge in [0, 0.05) is 22.4 Å². The molecule has 1 N–H and O–H groups in total. The number of likely N-dealkylation sites (tertiary alicyclic amines) is 1. The van der Waals surface area contributed by atoms with Gasteiger partial charge in [-0.2, -0.15) is 4.98 Å². The molecule has 0 bridgehead atoms. The van der Waals surface area contributed by atoms with Gasteiger partial charge >= 0.3 is 0 Å². The number of nitrogens with zero attached hydrogens (tertiary/aromatic N) is 7. The highest BCUT2D eigenvalue weighted by Crippen LogP contribution is 2.34. The maximum absolute atomic E-state index is 14.8. The average Bonchev–Trinajstić information content (AvgIpc) is 3.47. The van der Waals surface area contributed by atoms with E-state index >= 15 is 0 Å². The Hall–Kier alpha value is -3.41. The molecule has 9 nitrogen and oxygen atoms in total. The number of nitrogens with one attached hydrogen (secondary N) is 1. The highest BCUT2D eigenvalue weighted by atomic mass is 19.3. The molecule has 1 aromatic carbocycles. The molecule has 1 fully saturated rings. The highest BCUT2D eigenvalue weighted by Gasteiger charge is 2.44. The summed E-state index contributed by atoms with van der Waals surface area (Å²) >= 11 is 0. The van der Waals surface area contributed by atoms with Gasteiger partial charge in [0.15, 0.2) is 0 Å². The van der Waals surface area contributed by atoms with Crippen molar-refractivity contribution < 1.29 is 22.0 Å². The molecule has 2 atom stereocenters. The smallest absolute Gasteiger partial charge is 0.280 e. The second-order valence-corrected chi connectivity index (χ2v) is 8.38. The van der Waals surface area contributed by atoms with E-state index in [1.54, 1.807) is 25.3 Å². The number of aromatic nitrogens is 6. The number of benzene rings is 1. The second-order valence-electron chi connectivity index (χ2n) is 8.38. The quantitative estimate of drug-likeness (QED) is 0.455. The lowest BCUT2D eigenvalue weighted by molar-refractivity contribution is -0.0675. The molecule has 0 radical (unpaired) electrons. The van der Waals surface area contributed by atoms with Crippen LogP contribution in [0.25, 0.3) is 27.7 Å². The van der Waals surface area contributed by atoms with E-state index in [0.717, 1.165) is 10.5 Å². The Morgan fingerprint density at radius 3 is 2.94 bits per heavy atom. The number of halogens is 3. The Morgan fingerprint density at radius 2 is 2.21 bits per heavy atom. The summed E-state index contributed by atoms with van der Waals surface area (Å²) in [5.41, 5.74) is 3.26. The second kappa shape index (κ2) is 8.42. The Bertz CT molecular complexity index is 1440. The predicted molar refractivity (Wildman–Crippen MR) is 121 cm³/mol. The summed E-state index contributed by atoms with van der Waals surface area (Å²) < 4.78 is 73.6. The molecule has 0 aliphatic carbocycles. The van der Waals surface area contributed by atoms with Crippen LogP contribution in [0.15, 0.2) is 30.5 Å². The zero-order valence-corrected chi connectivity index (χ0v) is 18.5. The van der Waals surface area contributed by atoms with Crippen molar-refractivity contribution in [2.24, 2.45) is 0 Å². The average molecular weight is 478 g/mol. The van der Waals surface area contributed by atoms with E-state index in [1.807, 2.05) is 12.1 Å². The lowest BCUT2D eigenvalue weighted by Crippen LogP contribution is -2.53. The minimum absolute atomic E-state index is 0.0221. The summed E-state index contributed by atoms with van der Waals surface area (Å²) in [6.45, 7) is -2.40. The lowest BCUT2D eigenvalue weighted by atomic mass is 10.0. The van der Waals surface area contributed by atoms with Crippen LogP contribution >= 0.6 is 0 Å². The molecule has 3 aromatic heterocycles. The number of piperidine rings is 1. The molecule has 0 unspecified atom stereocenters. The van der Waals surface area contributed by atoms with Gasteiger partial charge in [-0.3, -0.25) is 0 Å². The monoisotopic (exact) mass is 477 g/mol. The van der Waals surface area contributed by atoms with Gasteiger partial charge < -0.3 is 15.0 Å². The van der Waals surface area contributed by atoms with Crippen LogP contribution in [0, 0.1) is 0 Å². The summed E-state index contributed by atoms with van der Waals surface area (Å²) in [6, 6.07) is 5.40. The number of fused-ring (bicyclic) bond motifs is 2. The van der Waals surface area contributed by atoms with Crippen LogP contribution in [0.5, 0.6) is 5.88 Å². The maximum Gasteiger partial charge on any atom is 0.280 e. The number of hydrogen-bond donors (Lipinski definition) is 1. The molecule has 0 spiro atoms. The van der Waals surface area contributed by atoms with Crippen LogP contribution in [0.1, 0.15) is 23.5 Å². The summed E-state index contributed by atoms with van der Waals surface area (Å²) in [4.78, 5) is 5.11. The zero-order valence-electron chi connectivity index (χ0n) is 21.5. The van der Waals surface area contributed by atoms with E-state index in [1.165, 1.54) is 16.3 Å². The van der Waals surface area contributed by atoms with Crippen molar-refractivity contribution in [3.63, 3.8) is 0 Å². The predicted octanol–water partition coefficient (Wildman–Crippen LogP) is 3.43. The molecule has 0 saturated carbocycles. The Labute approximate surface area is 197 Å². The molecule has 12 heteroatoms. The molecular weight excluding hydrogens is 449 g/mol. The molecule has 180 valence electrons. The minimum Gasteiger partial charge on any atom is -0.479 e. The van der Waals surface area contributed by atoms with Crippen molar-refractivity contribution >= 4 is 22.5 Å². The molecule has 1 aliphatic rings.